The lowest BCUT2D eigenvalue weighted by molar-refractivity contribution is -0.120. The van der Waals surface area contributed by atoms with Crippen molar-refractivity contribution in [3.63, 3.8) is 0 Å². The van der Waals surface area contributed by atoms with Gasteiger partial charge in [-0.15, -0.1) is 0 Å². The summed E-state index contributed by atoms with van der Waals surface area (Å²) in [4.78, 5) is 11.5. The molecule has 0 aromatic heterocycles. The standard InChI is InChI=1S/C27H46O6/c1-16(2)9-25(27(33)21-12-23(30)14-24(31)13-21)26(32)15-22(29)8-7-17(3)10-18(4)11-19(5)20(6)28/h12-14,16-19,22,25-27,29-33H,7-11,15H2,1-6H3. The van der Waals surface area contributed by atoms with E-state index in [1.54, 1.807) is 6.92 Å². The van der Waals surface area contributed by atoms with Gasteiger partial charge in [-0.05, 0) is 80.9 Å². The Morgan fingerprint density at radius 1 is 0.788 bits per heavy atom. The molecule has 0 radical (unpaired) electrons. The monoisotopic (exact) mass is 466 g/mol. The van der Waals surface area contributed by atoms with Crippen LogP contribution in [-0.4, -0.2) is 43.5 Å². The van der Waals surface area contributed by atoms with E-state index in [-0.39, 0.29) is 35.5 Å². The third kappa shape index (κ3) is 10.9. The van der Waals surface area contributed by atoms with Crippen molar-refractivity contribution in [2.75, 3.05) is 0 Å². The highest BCUT2D eigenvalue weighted by molar-refractivity contribution is 5.77. The predicted octanol–water partition coefficient (Wildman–Crippen LogP) is 4.96. The lowest BCUT2D eigenvalue weighted by Gasteiger charge is -2.31. The van der Waals surface area contributed by atoms with Crippen LogP contribution in [0.15, 0.2) is 18.2 Å². The van der Waals surface area contributed by atoms with Crippen molar-refractivity contribution in [2.45, 2.75) is 98.4 Å². The number of benzene rings is 1. The van der Waals surface area contributed by atoms with Crippen molar-refractivity contribution in [3.8, 4) is 11.5 Å². The molecule has 7 unspecified atom stereocenters. The summed E-state index contributed by atoms with van der Waals surface area (Å²) in [7, 11) is 0. The van der Waals surface area contributed by atoms with Crippen molar-refractivity contribution >= 4 is 5.78 Å². The first kappa shape index (κ1) is 29.4. The summed E-state index contributed by atoms with van der Waals surface area (Å²) in [6, 6.07) is 3.96. The summed E-state index contributed by atoms with van der Waals surface area (Å²) in [6.45, 7) is 11.9. The van der Waals surface area contributed by atoms with Gasteiger partial charge >= 0.3 is 0 Å². The van der Waals surface area contributed by atoms with Gasteiger partial charge in [-0.3, -0.25) is 4.79 Å². The Labute approximate surface area is 199 Å². The van der Waals surface area contributed by atoms with E-state index in [0.717, 1.165) is 19.3 Å². The van der Waals surface area contributed by atoms with E-state index in [1.165, 1.54) is 18.2 Å². The minimum atomic E-state index is -1.07. The van der Waals surface area contributed by atoms with Crippen LogP contribution < -0.4 is 0 Å². The highest BCUT2D eigenvalue weighted by Gasteiger charge is 2.31. The normalized spacial score (nSPS) is 18.4. The van der Waals surface area contributed by atoms with Gasteiger partial charge < -0.3 is 25.5 Å². The molecule has 0 amide bonds. The molecule has 7 atom stereocenters. The molecule has 0 aliphatic heterocycles. The van der Waals surface area contributed by atoms with Crippen LogP contribution in [0, 0.1) is 29.6 Å². The number of hydrogen-bond donors (Lipinski definition) is 5. The fourth-order valence-electron chi connectivity index (χ4n) is 4.80. The number of ketones is 1. The van der Waals surface area contributed by atoms with E-state index >= 15 is 0 Å². The van der Waals surface area contributed by atoms with Crippen molar-refractivity contribution in [1.82, 2.24) is 0 Å². The van der Waals surface area contributed by atoms with Crippen molar-refractivity contribution in [3.05, 3.63) is 23.8 Å². The van der Waals surface area contributed by atoms with Gasteiger partial charge in [0.2, 0.25) is 0 Å². The van der Waals surface area contributed by atoms with Crippen LogP contribution in [0.1, 0.15) is 91.7 Å². The molecule has 6 nitrogen and oxygen atoms in total. The molecule has 190 valence electrons. The van der Waals surface area contributed by atoms with Crippen LogP contribution in [0.3, 0.4) is 0 Å². The molecule has 5 N–H and O–H groups in total. The molecule has 0 heterocycles. The van der Waals surface area contributed by atoms with E-state index in [0.29, 0.717) is 30.2 Å². The van der Waals surface area contributed by atoms with E-state index < -0.39 is 24.2 Å². The maximum atomic E-state index is 11.5. The number of carbonyl (C=O) groups excluding carboxylic acids is 1. The highest BCUT2D eigenvalue weighted by Crippen LogP contribution is 2.35. The van der Waals surface area contributed by atoms with Crippen LogP contribution >= 0.6 is 0 Å². The minimum absolute atomic E-state index is 0.0747. The minimum Gasteiger partial charge on any atom is -0.508 e. The molecular formula is C27H46O6. The zero-order valence-corrected chi connectivity index (χ0v) is 21.2. The second kappa shape index (κ2) is 13.9. The zero-order chi connectivity index (χ0) is 25.3. The van der Waals surface area contributed by atoms with Gasteiger partial charge in [0.05, 0.1) is 18.3 Å². The first-order valence-electron chi connectivity index (χ1n) is 12.4. The van der Waals surface area contributed by atoms with Crippen molar-refractivity contribution < 1.29 is 30.3 Å². The fraction of sp³-hybridized carbons (Fsp3) is 0.741. The Hall–Kier alpha value is -1.63. The van der Waals surface area contributed by atoms with Crippen molar-refractivity contribution in [2.24, 2.45) is 29.6 Å². The SMILES string of the molecule is CC(=O)C(C)CC(C)CC(C)CCC(O)CC(O)C(CC(C)C)C(O)c1cc(O)cc(O)c1. The number of Topliss-reactive ketones (excluding diaryl/α,β-unsaturated/α-hetero) is 1. The Balaban J connectivity index is 2.66. The molecule has 1 aromatic rings. The molecule has 1 aromatic carbocycles. The van der Waals surface area contributed by atoms with Crippen LogP contribution in [0.4, 0.5) is 0 Å². The van der Waals surface area contributed by atoms with Gasteiger partial charge in [-0.1, -0.05) is 34.6 Å². The molecule has 0 aliphatic carbocycles. The van der Waals surface area contributed by atoms with Gasteiger partial charge in [0, 0.05) is 17.9 Å². The summed E-state index contributed by atoms with van der Waals surface area (Å²) < 4.78 is 0. The number of aliphatic hydroxyl groups is 3. The number of aliphatic hydroxyl groups excluding tert-OH is 3. The van der Waals surface area contributed by atoms with Crippen LogP contribution in [0.5, 0.6) is 11.5 Å². The summed E-state index contributed by atoms with van der Waals surface area (Å²) in [5.41, 5.74) is 0.342. The van der Waals surface area contributed by atoms with Gasteiger partial charge in [-0.25, -0.2) is 0 Å². The smallest absolute Gasteiger partial charge is 0.132 e. The molecule has 33 heavy (non-hydrogen) atoms. The Morgan fingerprint density at radius 3 is 1.88 bits per heavy atom. The Morgan fingerprint density at radius 2 is 1.36 bits per heavy atom. The largest absolute Gasteiger partial charge is 0.508 e. The summed E-state index contributed by atoms with van der Waals surface area (Å²) in [5.74, 6) is 0.506. The fourth-order valence-corrected chi connectivity index (χ4v) is 4.80. The summed E-state index contributed by atoms with van der Waals surface area (Å²) in [6.07, 6.45) is 1.26. The molecule has 1 rings (SSSR count). The van der Waals surface area contributed by atoms with E-state index in [9.17, 15) is 30.3 Å². The second-order valence-corrected chi connectivity index (χ2v) is 10.7. The van der Waals surface area contributed by atoms with E-state index in [2.05, 4.69) is 13.8 Å². The second-order valence-electron chi connectivity index (χ2n) is 10.7. The first-order valence-corrected chi connectivity index (χ1v) is 12.4. The maximum absolute atomic E-state index is 11.5. The molecule has 0 saturated carbocycles. The third-order valence-electron chi connectivity index (χ3n) is 6.67. The molecule has 0 bridgehead atoms. The van der Waals surface area contributed by atoms with E-state index in [1.807, 2.05) is 20.8 Å². The van der Waals surface area contributed by atoms with Crippen LogP contribution in [-0.2, 0) is 4.79 Å². The average molecular weight is 467 g/mol. The number of hydrogen-bond acceptors (Lipinski definition) is 6. The molecule has 6 heteroatoms. The van der Waals surface area contributed by atoms with Gasteiger partial charge in [0.25, 0.3) is 0 Å². The zero-order valence-electron chi connectivity index (χ0n) is 21.2. The summed E-state index contributed by atoms with van der Waals surface area (Å²) >= 11 is 0. The quantitative estimate of drug-likeness (QED) is 0.249. The third-order valence-corrected chi connectivity index (χ3v) is 6.67. The van der Waals surface area contributed by atoms with Crippen LogP contribution in [0.25, 0.3) is 0 Å². The number of carbonyl (C=O) groups is 1. The summed E-state index contributed by atoms with van der Waals surface area (Å²) in [5, 5.41) is 51.9. The average Bonchev–Trinajstić information content (AvgIpc) is 2.68. The Bertz CT molecular complexity index is 698. The van der Waals surface area contributed by atoms with Gasteiger partial charge in [-0.2, -0.15) is 0 Å². The molecule has 0 fully saturated rings. The maximum Gasteiger partial charge on any atom is 0.132 e. The highest BCUT2D eigenvalue weighted by atomic mass is 16.3. The molecule has 0 spiro atoms. The van der Waals surface area contributed by atoms with Crippen LogP contribution in [0.2, 0.25) is 0 Å². The molecular weight excluding hydrogens is 420 g/mol. The lowest BCUT2D eigenvalue weighted by atomic mass is 9.81. The topological polar surface area (TPSA) is 118 Å². The number of phenolic OH excluding ortho intramolecular Hbond substituents is 2. The predicted molar refractivity (Wildman–Crippen MR) is 131 cm³/mol. The van der Waals surface area contributed by atoms with Gasteiger partial charge in [0.15, 0.2) is 0 Å². The Kier molecular flexibility index (Phi) is 12.4. The number of phenols is 2. The first-order chi connectivity index (χ1) is 15.3. The van der Waals surface area contributed by atoms with Gasteiger partial charge in [0.1, 0.15) is 17.3 Å². The van der Waals surface area contributed by atoms with E-state index in [4.69, 9.17) is 0 Å². The molecule has 0 aliphatic rings. The molecule has 0 saturated heterocycles. The number of rotatable bonds is 15. The van der Waals surface area contributed by atoms with Crippen molar-refractivity contribution in [1.29, 1.82) is 0 Å². The lowest BCUT2D eigenvalue weighted by Crippen LogP contribution is -2.31. The number of aromatic hydroxyl groups is 2.